The van der Waals surface area contributed by atoms with E-state index in [0.717, 1.165) is 5.56 Å². The molecule has 1 aliphatic rings. The van der Waals surface area contributed by atoms with Gasteiger partial charge < -0.3 is 10.1 Å². The number of ether oxygens (including phenoxy) is 1. The van der Waals surface area contributed by atoms with Gasteiger partial charge in [-0.3, -0.25) is 14.9 Å². The first-order valence-corrected chi connectivity index (χ1v) is 5.66. The predicted molar refractivity (Wildman–Crippen MR) is 64.2 cm³/mol. The minimum atomic E-state index is -0.432. The van der Waals surface area contributed by atoms with Crippen molar-refractivity contribution in [2.75, 3.05) is 20.2 Å². The number of nitrogens with one attached hydrogen (secondary N) is 1. The highest BCUT2D eigenvalue weighted by Gasteiger charge is 2.35. The molecule has 2 rings (SSSR count). The average Bonchev–Trinajstić information content (AvgIpc) is 2.87. The van der Waals surface area contributed by atoms with Gasteiger partial charge in [0.1, 0.15) is 0 Å². The van der Waals surface area contributed by atoms with Gasteiger partial charge >= 0.3 is 5.97 Å². The van der Waals surface area contributed by atoms with Crippen molar-refractivity contribution in [3.8, 4) is 0 Å². The summed E-state index contributed by atoms with van der Waals surface area (Å²) in [6.45, 7) is 1.17. The monoisotopic (exact) mass is 250 g/mol. The summed E-state index contributed by atoms with van der Waals surface area (Å²) >= 11 is 0. The second-order valence-corrected chi connectivity index (χ2v) is 4.25. The van der Waals surface area contributed by atoms with E-state index in [-0.39, 0.29) is 23.5 Å². The SMILES string of the molecule is COC(=O)C1CNCC1c1cccc([N+](=O)[O-])c1. The van der Waals surface area contributed by atoms with Crippen LogP contribution in [0.1, 0.15) is 11.5 Å². The van der Waals surface area contributed by atoms with E-state index in [2.05, 4.69) is 5.32 Å². The fourth-order valence-electron chi connectivity index (χ4n) is 2.30. The lowest BCUT2D eigenvalue weighted by Gasteiger charge is -2.16. The summed E-state index contributed by atoms with van der Waals surface area (Å²) in [6, 6.07) is 6.41. The van der Waals surface area contributed by atoms with Crippen molar-refractivity contribution in [2.45, 2.75) is 5.92 Å². The quantitative estimate of drug-likeness (QED) is 0.493. The number of carbonyl (C=O) groups is 1. The molecule has 1 aliphatic heterocycles. The zero-order chi connectivity index (χ0) is 13.1. The first-order valence-electron chi connectivity index (χ1n) is 5.66. The Hall–Kier alpha value is -1.95. The molecular weight excluding hydrogens is 236 g/mol. The number of nitro groups is 1. The van der Waals surface area contributed by atoms with Gasteiger partial charge in [0.05, 0.1) is 18.0 Å². The lowest BCUT2D eigenvalue weighted by atomic mass is 9.89. The van der Waals surface area contributed by atoms with Gasteiger partial charge in [-0.1, -0.05) is 12.1 Å². The molecule has 1 N–H and O–H groups in total. The van der Waals surface area contributed by atoms with E-state index in [1.54, 1.807) is 12.1 Å². The summed E-state index contributed by atoms with van der Waals surface area (Å²) in [5, 5.41) is 13.9. The molecule has 0 amide bonds. The topological polar surface area (TPSA) is 81.5 Å². The van der Waals surface area contributed by atoms with E-state index in [1.807, 2.05) is 0 Å². The van der Waals surface area contributed by atoms with Gasteiger partial charge in [-0.05, 0) is 5.56 Å². The third-order valence-electron chi connectivity index (χ3n) is 3.23. The van der Waals surface area contributed by atoms with Crippen LogP contribution in [0.5, 0.6) is 0 Å². The molecule has 2 atom stereocenters. The summed E-state index contributed by atoms with van der Waals surface area (Å²) in [5.74, 6) is -0.633. The molecule has 1 saturated heterocycles. The Morgan fingerprint density at radius 3 is 2.94 bits per heavy atom. The van der Waals surface area contributed by atoms with Crippen molar-refractivity contribution in [3.05, 3.63) is 39.9 Å². The summed E-state index contributed by atoms with van der Waals surface area (Å²) < 4.78 is 4.75. The van der Waals surface area contributed by atoms with Crippen LogP contribution in [-0.2, 0) is 9.53 Å². The number of non-ortho nitro benzene ring substituents is 1. The molecule has 2 unspecified atom stereocenters. The van der Waals surface area contributed by atoms with E-state index in [0.29, 0.717) is 13.1 Å². The molecule has 1 aromatic carbocycles. The van der Waals surface area contributed by atoms with Crippen LogP contribution >= 0.6 is 0 Å². The molecule has 1 aromatic rings. The second-order valence-electron chi connectivity index (χ2n) is 4.25. The summed E-state index contributed by atoms with van der Waals surface area (Å²) in [5.41, 5.74) is 0.840. The maximum Gasteiger partial charge on any atom is 0.310 e. The number of hydrogen-bond acceptors (Lipinski definition) is 5. The van der Waals surface area contributed by atoms with Crippen LogP contribution in [0, 0.1) is 16.0 Å². The van der Waals surface area contributed by atoms with Crippen molar-refractivity contribution >= 4 is 11.7 Å². The number of rotatable bonds is 3. The lowest BCUT2D eigenvalue weighted by molar-refractivity contribution is -0.384. The normalized spacial score (nSPS) is 22.7. The third-order valence-corrected chi connectivity index (χ3v) is 3.23. The second kappa shape index (κ2) is 5.14. The lowest BCUT2D eigenvalue weighted by Crippen LogP contribution is -2.22. The Bertz CT molecular complexity index is 475. The zero-order valence-electron chi connectivity index (χ0n) is 9.96. The molecule has 0 bridgehead atoms. The smallest absolute Gasteiger partial charge is 0.310 e. The van der Waals surface area contributed by atoms with Gasteiger partial charge in [-0.25, -0.2) is 0 Å². The minimum absolute atomic E-state index is 0.0445. The van der Waals surface area contributed by atoms with Gasteiger partial charge in [0.25, 0.3) is 5.69 Å². The van der Waals surface area contributed by atoms with Crippen LogP contribution < -0.4 is 5.32 Å². The van der Waals surface area contributed by atoms with Crippen LogP contribution in [-0.4, -0.2) is 31.1 Å². The Balaban J connectivity index is 2.27. The number of benzene rings is 1. The molecule has 0 saturated carbocycles. The molecule has 1 heterocycles. The maximum absolute atomic E-state index is 11.6. The van der Waals surface area contributed by atoms with Crippen LogP contribution in [0.4, 0.5) is 5.69 Å². The van der Waals surface area contributed by atoms with Crippen molar-refractivity contribution in [2.24, 2.45) is 5.92 Å². The largest absolute Gasteiger partial charge is 0.469 e. The number of carbonyl (C=O) groups excluding carboxylic acids is 1. The van der Waals surface area contributed by atoms with Crippen molar-refractivity contribution in [1.29, 1.82) is 0 Å². The maximum atomic E-state index is 11.6. The Morgan fingerprint density at radius 2 is 2.28 bits per heavy atom. The highest BCUT2D eigenvalue weighted by Crippen LogP contribution is 2.30. The molecule has 0 aromatic heterocycles. The van der Waals surface area contributed by atoms with Crippen LogP contribution in [0.25, 0.3) is 0 Å². The van der Waals surface area contributed by atoms with Crippen LogP contribution in [0.15, 0.2) is 24.3 Å². The molecule has 0 spiro atoms. The first-order chi connectivity index (χ1) is 8.63. The summed E-state index contributed by atoms with van der Waals surface area (Å²) in [6.07, 6.45) is 0. The van der Waals surface area contributed by atoms with Crippen molar-refractivity contribution in [3.63, 3.8) is 0 Å². The number of nitrogens with zero attached hydrogens (tertiary/aromatic N) is 1. The van der Waals surface area contributed by atoms with Gasteiger partial charge in [0, 0.05) is 31.1 Å². The van der Waals surface area contributed by atoms with Gasteiger partial charge in [0.15, 0.2) is 0 Å². The Kier molecular flexibility index (Phi) is 3.57. The predicted octanol–water partition coefficient (Wildman–Crippen LogP) is 1.07. The molecular formula is C12H14N2O4. The van der Waals surface area contributed by atoms with Crippen LogP contribution in [0.3, 0.4) is 0 Å². The molecule has 6 nitrogen and oxygen atoms in total. The Labute approximate surface area is 104 Å². The van der Waals surface area contributed by atoms with Crippen molar-refractivity contribution < 1.29 is 14.5 Å². The van der Waals surface area contributed by atoms with E-state index in [1.165, 1.54) is 19.2 Å². The van der Waals surface area contributed by atoms with Gasteiger partial charge in [0.2, 0.25) is 0 Å². The van der Waals surface area contributed by atoms with Gasteiger partial charge in [-0.15, -0.1) is 0 Å². The first kappa shape index (κ1) is 12.5. The highest BCUT2D eigenvalue weighted by molar-refractivity contribution is 5.74. The fourth-order valence-corrected chi connectivity index (χ4v) is 2.30. The molecule has 0 radical (unpaired) electrons. The summed E-state index contributed by atoms with van der Waals surface area (Å²) in [7, 11) is 1.35. The van der Waals surface area contributed by atoms with E-state index in [9.17, 15) is 14.9 Å². The zero-order valence-corrected chi connectivity index (χ0v) is 9.96. The van der Waals surface area contributed by atoms with Crippen molar-refractivity contribution in [1.82, 2.24) is 5.32 Å². The molecule has 0 aliphatic carbocycles. The molecule has 96 valence electrons. The molecule has 1 fully saturated rings. The van der Waals surface area contributed by atoms with Crippen LogP contribution in [0.2, 0.25) is 0 Å². The van der Waals surface area contributed by atoms with E-state index in [4.69, 9.17) is 4.74 Å². The average molecular weight is 250 g/mol. The highest BCUT2D eigenvalue weighted by atomic mass is 16.6. The van der Waals surface area contributed by atoms with E-state index < -0.39 is 4.92 Å². The van der Waals surface area contributed by atoms with E-state index >= 15 is 0 Å². The number of methoxy groups -OCH3 is 1. The third kappa shape index (κ3) is 2.33. The minimum Gasteiger partial charge on any atom is -0.469 e. The molecule has 18 heavy (non-hydrogen) atoms. The summed E-state index contributed by atoms with van der Waals surface area (Å²) in [4.78, 5) is 21.9. The Morgan fingerprint density at radius 1 is 1.50 bits per heavy atom. The number of esters is 1. The van der Waals surface area contributed by atoms with Gasteiger partial charge in [-0.2, -0.15) is 0 Å². The number of nitro benzene ring substituents is 1. The molecule has 6 heteroatoms. The number of hydrogen-bond donors (Lipinski definition) is 1. The standard InChI is InChI=1S/C12H14N2O4/c1-18-12(15)11-7-13-6-10(11)8-3-2-4-9(5-8)14(16)17/h2-5,10-11,13H,6-7H2,1H3. The fraction of sp³-hybridized carbons (Fsp3) is 0.417.